The van der Waals surface area contributed by atoms with Gasteiger partial charge in [0, 0.05) is 16.7 Å². The minimum Gasteiger partial charge on any atom is -0.208 e. The van der Waals surface area contributed by atoms with E-state index in [1.165, 1.54) is 43.8 Å². The zero-order valence-corrected chi connectivity index (χ0v) is 30.1. The van der Waals surface area contributed by atoms with E-state index < -0.39 is 0 Å². The molecule has 248 valence electrons. The highest BCUT2D eigenvalue weighted by atomic mass is 15.0. The maximum absolute atomic E-state index is 5.12. The third kappa shape index (κ3) is 4.75. The number of hydrogen-bond acceptors (Lipinski definition) is 3. The second-order valence-corrected chi connectivity index (χ2v) is 15.8. The highest BCUT2D eigenvalue weighted by Crippen LogP contribution is 2.64. The van der Waals surface area contributed by atoms with E-state index >= 15 is 0 Å². The largest absolute Gasteiger partial charge is 0.208 e. The van der Waals surface area contributed by atoms with E-state index in [-0.39, 0.29) is 16.2 Å². The van der Waals surface area contributed by atoms with Gasteiger partial charge in [0.2, 0.25) is 0 Å². The average Bonchev–Trinajstić information content (AvgIpc) is 3.26. The highest BCUT2D eigenvalue weighted by molar-refractivity contribution is 6.01. The van der Waals surface area contributed by atoms with Crippen LogP contribution in [0.2, 0.25) is 0 Å². The van der Waals surface area contributed by atoms with E-state index in [1.54, 1.807) is 0 Å². The Kier molecular flexibility index (Phi) is 6.86. The molecule has 0 spiro atoms. The quantitative estimate of drug-likeness (QED) is 0.189. The zero-order valence-electron chi connectivity index (χ0n) is 30.1. The van der Waals surface area contributed by atoms with Gasteiger partial charge in [0.25, 0.3) is 0 Å². The Morgan fingerprint density at radius 1 is 0.373 bits per heavy atom. The van der Waals surface area contributed by atoms with Gasteiger partial charge in [-0.15, -0.1) is 0 Å². The van der Waals surface area contributed by atoms with Crippen molar-refractivity contribution in [2.24, 2.45) is 5.41 Å². The Morgan fingerprint density at radius 2 is 0.804 bits per heavy atom. The maximum atomic E-state index is 5.12. The van der Waals surface area contributed by atoms with Crippen molar-refractivity contribution in [3.63, 3.8) is 0 Å². The van der Waals surface area contributed by atoms with Crippen molar-refractivity contribution >= 4 is 32.3 Å². The Bertz CT molecular complexity index is 2570. The third-order valence-electron chi connectivity index (χ3n) is 12.6. The van der Waals surface area contributed by atoms with Crippen molar-refractivity contribution in [3.05, 3.63) is 151 Å². The number of aromatic nitrogens is 3. The molecule has 0 radical (unpaired) electrons. The summed E-state index contributed by atoms with van der Waals surface area (Å²) in [6.07, 6.45) is 0. The van der Waals surface area contributed by atoms with Gasteiger partial charge in [0.05, 0.1) is 0 Å². The number of nitrogens with zero attached hydrogens (tertiary/aromatic N) is 3. The standard InChI is InChI=1S/C48H41N3/c1-46(2)40-29-36-17-11-12-18-39(36)41(42(40)47(3,4)48(46,5)6)32-21-23-33(24-22-32)43-49-44(37-25-19-30-13-7-9-15-34(30)27-37)51-45(50-43)38-26-20-31-14-8-10-16-35(31)28-38/h7-29H,1-6H3. The summed E-state index contributed by atoms with van der Waals surface area (Å²) >= 11 is 0. The molecular formula is C48H41N3. The molecule has 51 heavy (non-hydrogen) atoms. The molecule has 0 bridgehead atoms. The first kappa shape index (κ1) is 31.3. The Labute approximate surface area is 300 Å². The van der Waals surface area contributed by atoms with Gasteiger partial charge < -0.3 is 0 Å². The van der Waals surface area contributed by atoms with Crippen molar-refractivity contribution in [3.8, 4) is 45.3 Å². The second kappa shape index (κ2) is 11.2. The van der Waals surface area contributed by atoms with E-state index in [2.05, 4.69) is 181 Å². The molecule has 0 unspecified atom stereocenters. The summed E-state index contributed by atoms with van der Waals surface area (Å²) in [7, 11) is 0. The fourth-order valence-electron chi connectivity index (χ4n) is 8.43. The number of fused-ring (bicyclic) bond motifs is 4. The van der Waals surface area contributed by atoms with Gasteiger partial charge in [-0.25, -0.2) is 15.0 Å². The third-order valence-corrected chi connectivity index (χ3v) is 12.6. The van der Waals surface area contributed by atoms with Crippen LogP contribution in [0.15, 0.2) is 140 Å². The second-order valence-electron chi connectivity index (χ2n) is 15.8. The minimum atomic E-state index is -0.0401. The monoisotopic (exact) mass is 659 g/mol. The molecule has 3 heteroatoms. The van der Waals surface area contributed by atoms with Crippen molar-refractivity contribution in [1.82, 2.24) is 15.0 Å². The van der Waals surface area contributed by atoms with Crippen molar-refractivity contribution in [1.29, 1.82) is 0 Å². The van der Waals surface area contributed by atoms with Crippen LogP contribution in [-0.2, 0) is 10.8 Å². The Balaban J connectivity index is 1.22. The molecule has 0 amide bonds. The molecule has 9 rings (SSSR count). The van der Waals surface area contributed by atoms with E-state index in [4.69, 9.17) is 15.0 Å². The van der Waals surface area contributed by atoms with Crippen LogP contribution in [0.25, 0.3) is 77.6 Å². The summed E-state index contributed by atoms with van der Waals surface area (Å²) in [6.45, 7) is 14.6. The van der Waals surface area contributed by atoms with Crippen molar-refractivity contribution in [2.45, 2.75) is 52.4 Å². The van der Waals surface area contributed by atoms with Gasteiger partial charge in [0.1, 0.15) is 0 Å². The van der Waals surface area contributed by atoms with Gasteiger partial charge in [-0.3, -0.25) is 0 Å². The minimum absolute atomic E-state index is 0.00770. The van der Waals surface area contributed by atoms with Crippen LogP contribution in [0.1, 0.15) is 52.7 Å². The molecule has 3 nitrogen and oxygen atoms in total. The number of benzene rings is 7. The van der Waals surface area contributed by atoms with Crippen LogP contribution in [0.3, 0.4) is 0 Å². The average molecular weight is 660 g/mol. The molecule has 1 aliphatic carbocycles. The van der Waals surface area contributed by atoms with Gasteiger partial charge in [-0.1, -0.05) is 169 Å². The summed E-state index contributed by atoms with van der Waals surface area (Å²) in [4.78, 5) is 15.3. The number of rotatable bonds is 4. The summed E-state index contributed by atoms with van der Waals surface area (Å²) in [5.41, 5.74) is 8.38. The molecule has 8 aromatic rings. The van der Waals surface area contributed by atoms with Crippen LogP contribution in [0.5, 0.6) is 0 Å². The number of hydrogen-bond donors (Lipinski definition) is 0. The predicted octanol–water partition coefficient (Wildman–Crippen LogP) is 12.6. The lowest BCUT2D eigenvalue weighted by molar-refractivity contribution is 0.125. The molecule has 1 heterocycles. The van der Waals surface area contributed by atoms with Crippen LogP contribution in [0, 0.1) is 5.41 Å². The first-order valence-corrected chi connectivity index (χ1v) is 17.9. The molecule has 0 N–H and O–H groups in total. The lowest BCUT2D eigenvalue weighted by atomic mass is 9.59. The summed E-state index contributed by atoms with van der Waals surface area (Å²) < 4.78 is 0. The molecule has 0 saturated carbocycles. The molecule has 0 fully saturated rings. The fourth-order valence-corrected chi connectivity index (χ4v) is 8.43. The molecule has 0 saturated heterocycles. The molecular weight excluding hydrogens is 619 g/mol. The van der Waals surface area contributed by atoms with Crippen molar-refractivity contribution in [2.75, 3.05) is 0 Å². The summed E-state index contributed by atoms with van der Waals surface area (Å²) in [5.74, 6) is 1.99. The highest BCUT2D eigenvalue weighted by Gasteiger charge is 2.57. The summed E-state index contributed by atoms with van der Waals surface area (Å²) in [6, 6.07) is 49.9. The maximum Gasteiger partial charge on any atom is 0.164 e. The normalized spacial score (nSPS) is 15.7. The first-order valence-electron chi connectivity index (χ1n) is 17.9. The van der Waals surface area contributed by atoms with Crippen LogP contribution in [0.4, 0.5) is 0 Å². The van der Waals surface area contributed by atoms with E-state index in [1.807, 2.05) is 0 Å². The molecule has 1 aliphatic rings. The van der Waals surface area contributed by atoms with Crippen LogP contribution >= 0.6 is 0 Å². The van der Waals surface area contributed by atoms with Gasteiger partial charge in [0.15, 0.2) is 17.5 Å². The van der Waals surface area contributed by atoms with E-state index in [9.17, 15) is 0 Å². The Hall–Kier alpha value is -5.67. The van der Waals surface area contributed by atoms with E-state index in [0.29, 0.717) is 17.5 Å². The topological polar surface area (TPSA) is 38.7 Å². The van der Waals surface area contributed by atoms with Gasteiger partial charge in [-0.05, 0) is 82.9 Å². The predicted molar refractivity (Wildman–Crippen MR) is 214 cm³/mol. The van der Waals surface area contributed by atoms with E-state index in [0.717, 1.165) is 27.5 Å². The first-order chi connectivity index (χ1) is 24.5. The molecule has 1 aromatic heterocycles. The molecule has 0 aliphatic heterocycles. The van der Waals surface area contributed by atoms with Crippen LogP contribution < -0.4 is 0 Å². The molecule has 0 atom stereocenters. The van der Waals surface area contributed by atoms with Crippen molar-refractivity contribution < 1.29 is 0 Å². The lowest BCUT2D eigenvalue weighted by Crippen LogP contribution is -2.42. The van der Waals surface area contributed by atoms with Gasteiger partial charge in [-0.2, -0.15) is 0 Å². The lowest BCUT2D eigenvalue weighted by Gasteiger charge is -2.44. The Morgan fingerprint density at radius 3 is 1.35 bits per heavy atom. The SMILES string of the molecule is CC1(C)c2cc3ccccc3c(-c3ccc(-c4nc(-c5ccc6ccccc6c5)nc(-c5ccc6ccccc6c5)n4)cc3)c2C(C)(C)C1(C)C. The molecule has 7 aromatic carbocycles. The fraction of sp³-hybridized carbons (Fsp3) is 0.188. The summed E-state index contributed by atoms with van der Waals surface area (Å²) in [5, 5.41) is 7.28. The van der Waals surface area contributed by atoms with Gasteiger partial charge >= 0.3 is 0 Å². The van der Waals surface area contributed by atoms with Crippen LogP contribution in [-0.4, -0.2) is 15.0 Å². The zero-order chi connectivity index (χ0) is 35.1. The smallest absolute Gasteiger partial charge is 0.164 e.